The summed E-state index contributed by atoms with van der Waals surface area (Å²) in [6, 6.07) is 1.50. The number of esters is 1. The molecule has 28 heavy (non-hydrogen) atoms. The monoisotopic (exact) mass is 522 g/mol. The summed E-state index contributed by atoms with van der Waals surface area (Å²) in [5.41, 5.74) is -0.822. The van der Waals surface area contributed by atoms with E-state index >= 15 is 0 Å². The van der Waals surface area contributed by atoms with Crippen molar-refractivity contribution in [3.63, 3.8) is 0 Å². The number of carbonyl (C=O) groups is 1. The molecule has 4 heteroatoms. The maximum absolute atomic E-state index is 10.9. The first-order valence-electron chi connectivity index (χ1n) is 11.9. The number of ether oxygens (including phenoxy) is 1. The molecule has 0 saturated heterocycles. The van der Waals surface area contributed by atoms with Crippen molar-refractivity contribution in [1.29, 1.82) is 0 Å². The maximum Gasteiger partial charge on any atom is 0.330 e. The number of hydrogen-bond acceptors (Lipinski definition) is 2. The summed E-state index contributed by atoms with van der Waals surface area (Å²) in [7, 11) is 0. The molecule has 0 spiro atoms. The highest BCUT2D eigenvalue weighted by Crippen LogP contribution is 2.22. The lowest BCUT2D eigenvalue weighted by Crippen LogP contribution is -2.13. The normalized spacial score (nSPS) is 11.5. The Balaban J connectivity index is 3.07. The summed E-state index contributed by atoms with van der Waals surface area (Å²) < 4.78 is 4.98. The summed E-state index contributed by atoms with van der Waals surface area (Å²) in [6.07, 6.45) is 24.6. The van der Waals surface area contributed by atoms with Crippen LogP contribution in [0.25, 0.3) is 0 Å². The van der Waals surface area contributed by atoms with E-state index in [0.717, 1.165) is 6.42 Å². The lowest BCUT2D eigenvalue weighted by atomic mass is 10.0. The van der Waals surface area contributed by atoms with Crippen molar-refractivity contribution in [2.24, 2.45) is 0 Å². The fraction of sp³-hybridized carbons (Fsp3) is 0.875. The van der Waals surface area contributed by atoms with Gasteiger partial charge in [-0.25, -0.2) is 4.79 Å². The molecule has 0 fully saturated rings. The summed E-state index contributed by atoms with van der Waals surface area (Å²) in [6.45, 7) is 8.89. The molecular weight excluding hydrogens is 475 g/mol. The van der Waals surface area contributed by atoms with Gasteiger partial charge in [0.05, 0.1) is 6.61 Å². The summed E-state index contributed by atoms with van der Waals surface area (Å²) in [5, 5.41) is 0. The van der Waals surface area contributed by atoms with Crippen LogP contribution in [0.2, 0.25) is 19.1 Å². The second-order valence-electron chi connectivity index (χ2n) is 8.85. The fourth-order valence-corrected chi connectivity index (χ4v) is 5.77. The molecule has 0 amide bonds. The predicted octanol–water partition coefficient (Wildman–Crippen LogP) is 8.99. The Hall–Kier alpha value is 0.157. The van der Waals surface area contributed by atoms with E-state index in [1.807, 2.05) is 0 Å². The lowest BCUT2D eigenvalue weighted by Gasteiger charge is -2.12. The van der Waals surface area contributed by atoms with E-state index in [-0.39, 0.29) is 5.97 Å². The zero-order valence-electron chi connectivity index (χ0n) is 18.9. The molecule has 0 atom stereocenters. The number of unbranched alkanes of at least 4 members (excludes halogenated alkanes) is 16. The molecule has 2 nitrogen and oxygen atoms in total. The van der Waals surface area contributed by atoms with Gasteiger partial charge in [-0.3, -0.25) is 0 Å². The van der Waals surface area contributed by atoms with Gasteiger partial charge in [-0.1, -0.05) is 122 Å². The Bertz CT molecular complexity index is 366. The number of rotatable bonds is 21. The Morgan fingerprint density at radius 2 is 1.04 bits per heavy atom. The van der Waals surface area contributed by atoms with Crippen LogP contribution < -0.4 is 0 Å². The van der Waals surface area contributed by atoms with Crippen molar-refractivity contribution < 1.29 is 9.53 Å². The van der Waals surface area contributed by atoms with Crippen LogP contribution in [0.5, 0.6) is 0 Å². The third-order valence-electron chi connectivity index (χ3n) is 5.33. The fourth-order valence-electron chi connectivity index (χ4n) is 3.53. The highest BCUT2D eigenvalue weighted by molar-refractivity contribution is 14.1. The van der Waals surface area contributed by atoms with Gasteiger partial charge in [-0.2, -0.15) is 0 Å². The van der Waals surface area contributed by atoms with E-state index in [0.29, 0.717) is 6.61 Å². The molecule has 0 aromatic carbocycles. The SMILES string of the molecule is C=CC(=O)OCCCCCCCCCCCCCCCCCCC[Si](C)(C)I. The van der Waals surface area contributed by atoms with E-state index in [1.54, 1.807) is 0 Å². The van der Waals surface area contributed by atoms with E-state index < -0.39 is 5.57 Å². The van der Waals surface area contributed by atoms with Crippen LogP contribution in [0.1, 0.15) is 109 Å². The van der Waals surface area contributed by atoms with Crippen LogP contribution in [0.4, 0.5) is 0 Å². The molecule has 0 N–H and O–H groups in total. The lowest BCUT2D eigenvalue weighted by molar-refractivity contribution is -0.137. The van der Waals surface area contributed by atoms with Gasteiger partial charge in [0, 0.05) is 6.08 Å². The molecule has 0 aliphatic rings. The minimum Gasteiger partial charge on any atom is -0.463 e. The Kier molecular flexibility index (Phi) is 20.5. The Morgan fingerprint density at radius 3 is 1.36 bits per heavy atom. The zero-order chi connectivity index (χ0) is 20.9. The molecular formula is C24H47IO2Si. The molecule has 0 saturated carbocycles. The zero-order valence-corrected chi connectivity index (χ0v) is 22.1. The van der Waals surface area contributed by atoms with E-state index in [1.165, 1.54) is 115 Å². The maximum atomic E-state index is 10.9. The second-order valence-corrected chi connectivity index (χ2v) is 21.5. The van der Waals surface area contributed by atoms with E-state index in [2.05, 4.69) is 41.5 Å². The minimum absolute atomic E-state index is 0.299. The third kappa shape index (κ3) is 24.2. The number of carbonyl (C=O) groups excluding carboxylic acids is 1. The summed E-state index contributed by atoms with van der Waals surface area (Å²) in [5.74, 6) is -0.299. The quantitative estimate of drug-likeness (QED) is 0.0375. The van der Waals surface area contributed by atoms with Crippen LogP contribution in [0.3, 0.4) is 0 Å². The van der Waals surface area contributed by atoms with Gasteiger partial charge in [0.2, 0.25) is 0 Å². The molecule has 0 rings (SSSR count). The van der Waals surface area contributed by atoms with E-state index in [9.17, 15) is 4.79 Å². The van der Waals surface area contributed by atoms with Gasteiger partial charge in [-0.15, -0.1) is 21.8 Å². The van der Waals surface area contributed by atoms with Crippen LogP contribution >= 0.6 is 21.8 Å². The second kappa shape index (κ2) is 20.4. The predicted molar refractivity (Wildman–Crippen MR) is 136 cm³/mol. The molecule has 0 heterocycles. The first-order valence-corrected chi connectivity index (χ1v) is 18.3. The Morgan fingerprint density at radius 1 is 0.714 bits per heavy atom. The number of halogens is 1. The average molecular weight is 523 g/mol. The van der Waals surface area contributed by atoms with Crippen LogP contribution in [-0.4, -0.2) is 18.1 Å². The molecule has 0 aromatic rings. The standard InChI is InChI=1S/C24H47IO2Si/c1-4-24(26)27-22-20-18-16-14-12-10-8-6-5-7-9-11-13-15-17-19-21-23-28(2,3)25/h4H,1,5-23H2,2-3H3. The minimum atomic E-state index is -0.822. The largest absolute Gasteiger partial charge is 0.463 e. The smallest absolute Gasteiger partial charge is 0.330 e. The molecule has 0 aliphatic heterocycles. The molecule has 166 valence electrons. The molecule has 0 bridgehead atoms. The molecule has 0 aliphatic carbocycles. The van der Waals surface area contributed by atoms with Crippen LogP contribution in [-0.2, 0) is 9.53 Å². The first-order chi connectivity index (χ1) is 13.5. The van der Waals surface area contributed by atoms with Gasteiger partial charge >= 0.3 is 5.97 Å². The van der Waals surface area contributed by atoms with Gasteiger partial charge in [0.1, 0.15) is 5.57 Å². The van der Waals surface area contributed by atoms with Gasteiger partial charge in [0.15, 0.2) is 0 Å². The highest BCUT2D eigenvalue weighted by Gasteiger charge is 2.14. The van der Waals surface area contributed by atoms with E-state index in [4.69, 9.17) is 4.74 Å². The van der Waals surface area contributed by atoms with Gasteiger partial charge in [-0.05, 0) is 12.5 Å². The van der Waals surface area contributed by atoms with Crippen LogP contribution in [0.15, 0.2) is 12.7 Å². The van der Waals surface area contributed by atoms with Gasteiger partial charge in [0.25, 0.3) is 0 Å². The summed E-state index contributed by atoms with van der Waals surface area (Å²) >= 11 is 2.71. The molecule has 0 radical (unpaired) electrons. The highest BCUT2D eigenvalue weighted by atomic mass is 127. The van der Waals surface area contributed by atoms with Crippen molar-refractivity contribution >= 4 is 33.3 Å². The van der Waals surface area contributed by atoms with Crippen LogP contribution in [0, 0.1) is 0 Å². The van der Waals surface area contributed by atoms with Crippen molar-refractivity contribution in [2.45, 2.75) is 128 Å². The summed E-state index contributed by atoms with van der Waals surface area (Å²) in [4.78, 5) is 10.9. The Labute approximate surface area is 189 Å². The van der Waals surface area contributed by atoms with Gasteiger partial charge < -0.3 is 4.74 Å². The number of hydrogen-bond donors (Lipinski definition) is 0. The topological polar surface area (TPSA) is 26.3 Å². The molecule has 0 unspecified atom stereocenters. The van der Waals surface area contributed by atoms with Crippen molar-refractivity contribution in [3.05, 3.63) is 12.7 Å². The van der Waals surface area contributed by atoms with Crippen molar-refractivity contribution in [1.82, 2.24) is 0 Å². The van der Waals surface area contributed by atoms with Crippen molar-refractivity contribution in [3.8, 4) is 0 Å². The van der Waals surface area contributed by atoms with Crippen molar-refractivity contribution in [2.75, 3.05) is 6.61 Å². The first kappa shape index (κ1) is 28.2. The third-order valence-corrected chi connectivity index (χ3v) is 8.49. The molecule has 0 aromatic heterocycles. The average Bonchev–Trinajstić information content (AvgIpc) is 2.65.